The summed E-state index contributed by atoms with van der Waals surface area (Å²) in [5.74, 6) is -0.0679. The summed E-state index contributed by atoms with van der Waals surface area (Å²) in [4.78, 5) is 30.0. The first kappa shape index (κ1) is 32.8. The number of fused-ring (bicyclic) bond motifs is 1. The first-order valence-corrected chi connectivity index (χ1v) is 16.1. The molecule has 0 aliphatic heterocycles. The van der Waals surface area contributed by atoms with Crippen LogP contribution in [-0.4, -0.2) is 44.4 Å². The fourth-order valence-electron chi connectivity index (χ4n) is 4.63. The molecule has 1 heterocycles. The summed E-state index contributed by atoms with van der Waals surface area (Å²) >= 11 is 15.7. The zero-order valence-electron chi connectivity index (χ0n) is 23.8. The quantitative estimate of drug-likeness (QED) is 0.0505. The Kier molecular flexibility index (Phi) is 10.4. The van der Waals surface area contributed by atoms with Crippen LogP contribution in [0.5, 0.6) is 23.0 Å². The Balaban J connectivity index is 1.45. The highest BCUT2D eigenvalue weighted by Crippen LogP contribution is 2.40. The predicted molar refractivity (Wildman–Crippen MR) is 189 cm³/mol. The minimum atomic E-state index is -0.687. The Morgan fingerprint density at radius 3 is 2.31 bits per heavy atom. The second kappa shape index (κ2) is 14.2. The van der Waals surface area contributed by atoms with Crippen LogP contribution in [0.15, 0.2) is 80.8 Å². The Bertz CT molecular complexity index is 1960. The number of ether oxygens (including phenoxy) is 4. The van der Waals surface area contributed by atoms with Crippen LogP contribution in [0.4, 0.5) is 0 Å². The minimum Gasteiger partial charge on any atom is -0.493 e. The summed E-state index contributed by atoms with van der Waals surface area (Å²) in [6, 6.07) is 19.6. The Hall–Kier alpha value is -3.59. The maximum Gasteiger partial charge on any atom is 0.343 e. The van der Waals surface area contributed by atoms with E-state index in [0.29, 0.717) is 53.6 Å². The van der Waals surface area contributed by atoms with Crippen LogP contribution >= 0.6 is 66.1 Å². The number of hydrazone groups is 1. The van der Waals surface area contributed by atoms with E-state index in [-0.39, 0.29) is 11.3 Å². The van der Waals surface area contributed by atoms with Gasteiger partial charge in [-0.3, -0.25) is 4.79 Å². The zero-order chi connectivity index (χ0) is 32.2. The third kappa shape index (κ3) is 6.98. The van der Waals surface area contributed by atoms with Gasteiger partial charge in [-0.05, 0) is 87.1 Å². The number of rotatable bonds is 9. The summed E-state index contributed by atoms with van der Waals surface area (Å²) in [5.41, 5.74) is 5.58. The number of carbonyl (C=O) groups excluding carboxylic acids is 2. The van der Waals surface area contributed by atoms with Gasteiger partial charge in [-0.15, -0.1) is 0 Å². The predicted octanol–water partition coefficient (Wildman–Crippen LogP) is 8.63. The van der Waals surface area contributed by atoms with Crippen LogP contribution in [0.2, 0.25) is 5.02 Å². The number of hydrogen-bond donors (Lipinski definition) is 2. The van der Waals surface area contributed by atoms with E-state index < -0.39 is 11.9 Å². The molecule has 0 spiro atoms. The van der Waals surface area contributed by atoms with E-state index in [1.54, 1.807) is 18.2 Å². The normalized spacial score (nSPS) is 11.1. The minimum absolute atomic E-state index is 0.163. The lowest BCUT2D eigenvalue weighted by Gasteiger charge is -2.15. The first-order chi connectivity index (χ1) is 21.6. The van der Waals surface area contributed by atoms with E-state index in [1.165, 1.54) is 39.7 Å². The van der Waals surface area contributed by atoms with Crippen LogP contribution in [0.25, 0.3) is 22.0 Å². The Labute approximate surface area is 293 Å². The average Bonchev–Trinajstić information content (AvgIpc) is 3.40. The van der Waals surface area contributed by atoms with Crippen molar-refractivity contribution in [1.82, 2.24) is 10.4 Å². The van der Waals surface area contributed by atoms with Crippen molar-refractivity contribution in [1.29, 1.82) is 0 Å². The van der Waals surface area contributed by atoms with E-state index in [2.05, 4.69) is 70.0 Å². The van der Waals surface area contributed by atoms with E-state index >= 15 is 0 Å². The number of halogens is 4. The molecule has 1 amide bonds. The monoisotopic (exact) mass is 865 g/mol. The molecular formula is C32H23Br2ClIN3O6. The number of methoxy groups -OCH3 is 3. The van der Waals surface area contributed by atoms with Crippen molar-refractivity contribution < 1.29 is 28.5 Å². The number of hydrogen-bond acceptors (Lipinski definition) is 7. The molecule has 4 aromatic carbocycles. The van der Waals surface area contributed by atoms with Crippen molar-refractivity contribution in [3.63, 3.8) is 0 Å². The molecule has 5 rings (SSSR count). The number of aromatic nitrogens is 1. The molecule has 0 saturated carbocycles. The molecule has 5 aromatic rings. The van der Waals surface area contributed by atoms with Gasteiger partial charge in [0.2, 0.25) is 5.75 Å². The summed E-state index contributed by atoms with van der Waals surface area (Å²) < 4.78 is 24.0. The fraction of sp³-hybridized carbons (Fsp3) is 0.0938. The highest BCUT2D eigenvalue weighted by Gasteiger charge is 2.23. The Morgan fingerprint density at radius 1 is 0.933 bits per heavy atom. The second-order valence-electron chi connectivity index (χ2n) is 9.35. The fourth-order valence-corrected chi connectivity index (χ4v) is 6.69. The highest BCUT2D eigenvalue weighted by atomic mass is 127. The van der Waals surface area contributed by atoms with Crippen LogP contribution in [0.1, 0.15) is 26.4 Å². The van der Waals surface area contributed by atoms with Crippen molar-refractivity contribution in [2.75, 3.05) is 21.3 Å². The van der Waals surface area contributed by atoms with Crippen LogP contribution in [-0.2, 0) is 0 Å². The number of nitrogens with zero attached hydrogens (tertiary/aromatic N) is 1. The second-order valence-corrected chi connectivity index (χ2v) is 12.8. The van der Waals surface area contributed by atoms with Gasteiger partial charge in [0.25, 0.3) is 5.91 Å². The van der Waals surface area contributed by atoms with E-state index in [9.17, 15) is 9.59 Å². The van der Waals surface area contributed by atoms with Gasteiger partial charge < -0.3 is 23.9 Å². The van der Waals surface area contributed by atoms with Gasteiger partial charge in [-0.1, -0.05) is 45.7 Å². The SMILES string of the molecule is COc1cc(C(=O)Oc2c(Br)cc(Br)cc2C=NNC(=O)c2[nH]c3ccc(I)cc3c2-c2ccccc2Cl)cc(OC)c1OC. The van der Waals surface area contributed by atoms with Gasteiger partial charge in [0.15, 0.2) is 17.2 Å². The first-order valence-electron chi connectivity index (χ1n) is 13.1. The number of benzene rings is 4. The van der Waals surface area contributed by atoms with Crippen LogP contribution in [0.3, 0.4) is 0 Å². The molecule has 13 heteroatoms. The van der Waals surface area contributed by atoms with E-state index in [1.807, 2.05) is 36.4 Å². The molecule has 0 saturated heterocycles. The molecule has 0 atom stereocenters. The molecule has 0 aliphatic rings. The van der Waals surface area contributed by atoms with Crippen LogP contribution in [0, 0.1) is 3.57 Å². The van der Waals surface area contributed by atoms with Crippen LogP contribution < -0.4 is 24.4 Å². The zero-order valence-corrected chi connectivity index (χ0v) is 29.9. The van der Waals surface area contributed by atoms with Gasteiger partial charge in [0.05, 0.1) is 37.6 Å². The van der Waals surface area contributed by atoms with Gasteiger partial charge in [0.1, 0.15) is 5.69 Å². The molecule has 230 valence electrons. The number of aromatic amines is 1. The van der Waals surface area contributed by atoms with Gasteiger partial charge in [-0.25, -0.2) is 10.2 Å². The number of carbonyl (C=O) groups is 2. The molecule has 45 heavy (non-hydrogen) atoms. The molecule has 2 N–H and O–H groups in total. The lowest BCUT2D eigenvalue weighted by atomic mass is 10.0. The summed E-state index contributed by atoms with van der Waals surface area (Å²) in [6.45, 7) is 0. The number of nitrogens with one attached hydrogen (secondary N) is 2. The summed E-state index contributed by atoms with van der Waals surface area (Å²) in [5, 5.41) is 5.55. The molecule has 1 aromatic heterocycles. The molecule has 0 aliphatic carbocycles. The molecular weight excluding hydrogens is 845 g/mol. The van der Waals surface area contributed by atoms with Gasteiger partial charge in [0, 0.05) is 40.7 Å². The third-order valence-corrected chi connectivity index (χ3v) is 8.68. The average molecular weight is 868 g/mol. The molecule has 0 bridgehead atoms. The summed E-state index contributed by atoms with van der Waals surface area (Å²) in [6.07, 6.45) is 1.38. The number of esters is 1. The van der Waals surface area contributed by atoms with Crippen molar-refractivity contribution in [2.24, 2.45) is 5.10 Å². The van der Waals surface area contributed by atoms with Gasteiger partial charge in [-0.2, -0.15) is 5.10 Å². The molecule has 0 radical (unpaired) electrons. The maximum absolute atomic E-state index is 13.5. The Morgan fingerprint density at radius 2 is 1.64 bits per heavy atom. The number of amides is 1. The summed E-state index contributed by atoms with van der Waals surface area (Å²) in [7, 11) is 4.38. The smallest absolute Gasteiger partial charge is 0.343 e. The van der Waals surface area contributed by atoms with E-state index in [0.717, 1.165) is 14.5 Å². The van der Waals surface area contributed by atoms with Crippen molar-refractivity contribution in [3.05, 3.63) is 101 Å². The highest BCUT2D eigenvalue weighted by molar-refractivity contribution is 14.1. The van der Waals surface area contributed by atoms with Crippen molar-refractivity contribution in [2.45, 2.75) is 0 Å². The van der Waals surface area contributed by atoms with E-state index in [4.69, 9.17) is 30.5 Å². The molecule has 9 nitrogen and oxygen atoms in total. The maximum atomic E-state index is 13.5. The molecule has 0 unspecified atom stereocenters. The molecule has 0 fully saturated rings. The lowest BCUT2D eigenvalue weighted by Crippen LogP contribution is -2.19. The topological polar surface area (TPSA) is 111 Å². The lowest BCUT2D eigenvalue weighted by molar-refractivity contribution is 0.0732. The van der Waals surface area contributed by atoms with Gasteiger partial charge >= 0.3 is 5.97 Å². The number of H-pyrrole nitrogens is 1. The largest absolute Gasteiger partial charge is 0.493 e. The van der Waals surface area contributed by atoms with Crippen molar-refractivity contribution >= 4 is 95.0 Å². The standard InChI is InChI=1S/C32H23Br2ClIN3O6/c1-42-25-11-16(12-26(43-2)30(25)44-3)32(41)45-29-17(10-18(33)13-22(29)34)15-37-39-31(40)28-27(20-6-4-5-7-23(20)35)21-14-19(36)8-9-24(21)38-28/h4-15,38H,1-3H3,(H,39,40). The van der Waals surface area contributed by atoms with Crippen molar-refractivity contribution in [3.8, 4) is 34.1 Å². The third-order valence-electron chi connectivity index (χ3n) is 6.63.